The largest absolute Gasteiger partial charge is 0.480 e. The first-order valence-corrected chi connectivity index (χ1v) is 7.81. The Labute approximate surface area is 118 Å². The van der Waals surface area contributed by atoms with Gasteiger partial charge in [-0.3, -0.25) is 0 Å². The van der Waals surface area contributed by atoms with Gasteiger partial charge in [0.15, 0.2) is 0 Å². The van der Waals surface area contributed by atoms with E-state index in [2.05, 4.69) is 13.8 Å². The monoisotopic (exact) mass is 286 g/mol. The zero-order chi connectivity index (χ0) is 14.0. The summed E-state index contributed by atoms with van der Waals surface area (Å²) in [7, 11) is 0. The summed E-state index contributed by atoms with van der Waals surface area (Å²) in [6, 6.07) is -0.723. The van der Waals surface area contributed by atoms with Gasteiger partial charge in [0.25, 0.3) is 0 Å². The summed E-state index contributed by atoms with van der Waals surface area (Å²) in [6.07, 6.45) is 2.32. The minimum absolute atomic E-state index is 0.0943. The highest BCUT2D eigenvalue weighted by Gasteiger charge is 2.37. The molecule has 0 unspecified atom stereocenters. The molecule has 0 radical (unpaired) electrons. The molecule has 0 bridgehead atoms. The van der Waals surface area contributed by atoms with E-state index in [4.69, 9.17) is 5.11 Å². The van der Waals surface area contributed by atoms with Crippen LogP contribution in [0, 0.1) is 0 Å². The Morgan fingerprint density at radius 1 is 1.26 bits per heavy atom. The fraction of sp³-hybridized carbons (Fsp3) is 0.846. The van der Waals surface area contributed by atoms with E-state index in [1.165, 1.54) is 4.90 Å². The number of carboxylic acid groups (broad SMARTS) is 1. The number of carbonyl (C=O) groups excluding carboxylic acids is 1. The van der Waals surface area contributed by atoms with Crippen molar-refractivity contribution in [2.24, 2.45) is 0 Å². The second-order valence-corrected chi connectivity index (χ2v) is 7.62. The Morgan fingerprint density at radius 3 is 2.68 bits per heavy atom. The van der Waals surface area contributed by atoms with Gasteiger partial charge in [-0.15, -0.1) is 0 Å². The molecule has 0 aromatic carbocycles. The van der Waals surface area contributed by atoms with Gasteiger partial charge in [-0.2, -0.15) is 11.8 Å². The van der Waals surface area contributed by atoms with E-state index in [0.29, 0.717) is 13.0 Å². The van der Waals surface area contributed by atoms with E-state index >= 15 is 0 Å². The average molecular weight is 286 g/mol. The molecule has 2 aliphatic heterocycles. The normalized spacial score (nSPS) is 27.2. The van der Waals surface area contributed by atoms with Gasteiger partial charge >= 0.3 is 12.0 Å². The summed E-state index contributed by atoms with van der Waals surface area (Å²) in [5.41, 5.74) is 0. The number of carbonyl (C=O) groups is 2. The number of urea groups is 1. The third kappa shape index (κ3) is 3.35. The minimum atomic E-state index is -0.879. The van der Waals surface area contributed by atoms with E-state index in [-0.39, 0.29) is 10.8 Å². The maximum absolute atomic E-state index is 12.5. The van der Waals surface area contributed by atoms with Gasteiger partial charge in [0.2, 0.25) is 0 Å². The SMILES string of the molecule is CC1(C)CCN(C(=O)N2CCC[C@@H]2C(=O)O)CCS1. The third-order valence-electron chi connectivity index (χ3n) is 3.89. The molecule has 1 N–H and O–H groups in total. The van der Waals surface area contributed by atoms with Crippen molar-refractivity contribution < 1.29 is 14.7 Å². The van der Waals surface area contributed by atoms with Crippen LogP contribution in [0.3, 0.4) is 0 Å². The molecule has 0 aromatic heterocycles. The molecule has 2 aliphatic rings. The Balaban J connectivity index is 2.01. The molecule has 2 fully saturated rings. The number of amides is 2. The molecule has 5 nitrogen and oxygen atoms in total. The molecule has 2 amide bonds. The van der Waals surface area contributed by atoms with Gasteiger partial charge in [0, 0.05) is 30.1 Å². The molecule has 19 heavy (non-hydrogen) atoms. The lowest BCUT2D eigenvalue weighted by Gasteiger charge is -2.29. The number of hydrogen-bond acceptors (Lipinski definition) is 3. The number of likely N-dealkylation sites (tertiary alicyclic amines) is 1. The van der Waals surface area contributed by atoms with Gasteiger partial charge < -0.3 is 14.9 Å². The molecule has 2 heterocycles. The summed E-state index contributed by atoms with van der Waals surface area (Å²) in [6.45, 7) is 6.41. The molecule has 6 heteroatoms. The Morgan fingerprint density at radius 2 is 2.00 bits per heavy atom. The van der Waals surface area contributed by atoms with Gasteiger partial charge in [-0.1, -0.05) is 13.8 Å². The van der Waals surface area contributed by atoms with E-state index in [0.717, 1.165) is 31.7 Å². The Hall–Kier alpha value is -0.910. The van der Waals surface area contributed by atoms with Crippen molar-refractivity contribution in [2.75, 3.05) is 25.4 Å². The summed E-state index contributed by atoms with van der Waals surface area (Å²) < 4.78 is 0.201. The molecule has 2 rings (SSSR count). The first-order chi connectivity index (χ1) is 8.91. The van der Waals surface area contributed by atoms with Crippen molar-refractivity contribution >= 4 is 23.8 Å². The molecule has 0 aromatic rings. The van der Waals surface area contributed by atoms with Crippen molar-refractivity contribution in [1.82, 2.24) is 9.80 Å². The topological polar surface area (TPSA) is 60.9 Å². The Bertz CT molecular complexity index is 373. The maximum atomic E-state index is 12.5. The van der Waals surface area contributed by atoms with Crippen molar-refractivity contribution in [2.45, 2.75) is 43.9 Å². The fourth-order valence-corrected chi connectivity index (χ4v) is 3.75. The van der Waals surface area contributed by atoms with E-state index in [1.807, 2.05) is 16.7 Å². The van der Waals surface area contributed by atoms with Crippen LogP contribution in [0.5, 0.6) is 0 Å². The second-order valence-electron chi connectivity index (χ2n) is 5.82. The third-order valence-corrected chi connectivity index (χ3v) is 5.26. The standard InChI is InChI=1S/C13H22N2O3S/c1-13(2)5-7-14(8-9-19-13)12(18)15-6-3-4-10(15)11(16)17/h10H,3-9H2,1-2H3,(H,16,17)/t10-/m1/s1. The number of aliphatic carboxylic acids is 1. The zero-order valence-corrected chi connectivity index (χ0v) is 12.4. The van der Waals surface area contributed by atoms with Crippen LogP contribution in [0.15, 0.2) is 0 Å². The highest BCUT2D eigenvalue weighted by molar-refractivity contribution is 8.00. The van der Waals surface area contributed by atoms with E-state index in [9.17, 15) is 9.59 Å². The van der Waals surface area contributed by atoms with Crippen LogP contribution in [0.2, 0.25) is 0 Å². The molecular weight excluding hydrogens is 264 g/mol. The molecular formula is C13H22N2O3S. The number of carboxylic acids is 1. The molecule has 108 valence electrons. The highest BCUT2D eigenvalue weighted by Crippen LogP contribution is 2.31. The minimum Gasteiger partial charge on any atom is -0.480 e. The average Bonchev–Trinajstić information content (AvgIpc) is 2.74. The molecule has 2 saturated heterocycles. The summed E-state index contributed by atoms with van der Waals surface area (Å²) in [5.74, 6) is 0.0417. The van der Waals surface area contributed by atoms with Crippen molar-refractivity contribution in [3.05, 3.63) is 0 Å². The molecule has 0 aliphatic carbocycles. The number of nitrogens with zero attached hydrogens (tertiary/aromatic N) is 2. The van der Waals surface area contributed by atoms with Crippen LogP contribution in [-0.2, 0) is 4.79 Å². The number of rotatable bonds is 1. The number of hydrogen-bond donors (Lipinski definition) is 1. The zero-order valence-electron chi connectivity index (χ0n) is 11.6. The van der Waals surface area contributed by atoms with Crippen LogP contribution >= 0.6 is 11.8 Å². The molecule has 1 atom stereocenters. The van der Waals surface area contributed by atoms with Crippen LogP contribution in [0.1, 0.15) is 33.1 Å². The molecule has 0 saturated carbocycles. The predicted octanol–water partition coefficient (Wildman–Crippen LogP) is 1.87. The van der Waals surface area contributed by atoms with Crippen LogP contribution in [0.25, 0.3) is 0 Å². The first kappa shape index (κ1) is 14.5. The van der Waals surface area contributed by atoms with E-state index < -0.39 is 12.0 Å². The molecule has 0 spiro atoms. The maximum Gasteiger partial charge on any atom is 0.326 e. The van der Waals surface area contributed by atoms with Gasteiger partial charge in [0.1, 0.15) is 6.04 Å². The van der Waals surface area contributed by atoms with Gasteiger partial charge in [-0.25, -0.2) is 9.59 Å². The van der Waals surface area contributed by atoms with Crippen LogP contribution < -0.4 is 0 Å². The van der Waals surface area contributed by atoms with Crippen molar-refractivity contribution in [3.8, 4) is 0 Å². The predicted molar refractivity (Wildman–Crippen MR) is 75.5 cm³/mol. The number of thioether (sulfide) groups is 1. The van der Waals surface area contributed by atoms with E-state index in [1.54, 1.807) is 0 Å². The van der Waals surface area contributed by atoms with Gasteiger partial charge in [-0.05, 0) is 19.3 Å². The smallest absolute Gasteiger partial charge is 0.326 e. The quantitative estimate of drug-likeness (QED) is 0.799. The second kappa shape index (κ2) is 5.61. The van der Waals surface area contributed by atoms with Crippen molar-refractivity contribution in [1.29, 1.82) is 0 Å². The van der Waals surface area contributed by atoms with Crippen molar-refractivity contribution in [3.63, 3.8) is 0 Å². The van der Waals surface area contributed by atoms with Crippen LogP contribution in [0.4, 0.5) is 4.79 Å². The summed E-state index contributed by atoms with van der Waals surface area (Å²) in [5, 5.41) is 9.15. The lowest BCUT2D eigenvalue weighted by Crippen LogP contribution is -2.48. The summed E-state index contributed by atoms with van der Waals surface area (Å²) in [4.78, 5) is 27.0. The lowest BCUT2D eigenvalue weighted by molar-refractivity contribution is -0.141. The summed E-state index contributed by atoms with van der Waals surface area (Å²) >= 11 is 1.88. The Kier molecular flexibility index (Phi) is 4.28. The highest BCUT2D eigenvalue weighted by atomic mass is 32.2. The first-order valence-electron chi connectivity index (χ1n) is 6.83. The van der Waals surface area contributed by atoms with Crippen LogP contribution in [-0.4, -0.2) is 63.1 Å². The lowest BCUT2D eigenvalue weighted by atomic mass is 10.1. The van der Waals surface area contributed by atoms with Gasteiger partial charge in [0.05, 0.1) is 0 Å². The fourth-order valence-electron chi connectivity index (χ4n) is 2.65.